The van der Waals surface area contributed by atoms with Crippen molar-refractivity contribution in [3.8, 4) is 0 Å². The zero-order chi connectivity index (χ0) is 25.0. The molecule has 0 aromatic carbocycles. The zero-order valence-corrected chi connectivity index (χ0v) is 24.0. The van der Waals surface area contributed by atoms with E-state index in [-0.39, 0.29) is 11.9 Å². The van der Waals surface area contributed by atoms with Gasteiger partial charge < -0.3 is 4.74 Å². The lowest BCUT2D eigenvalue weighted by atomic mass is 9.94. The van der Waals surface area contributed by atoms with Gasteiger partial charge in [0.05, 0.1) is 12.5 Å². The van der Waals surface area contributed by atoms with E-state index in [1.807, 2.05) is 0 Å². The lowest BCUT2D eigenvalue weighted by Crippen LogP contribution is -2.18. The molecule has 0 bridgehead atoms. The van der Waals surface area contributed by atoms with Gasteiger partial charge in [0.15, 0.2) is 0 Å². The van der Waals surface area contributed by atoms with E-state index >= 15 is 0 Å². The minimum absolute atomic E-state index is 0.0996. The fourth-order valence-electron chi connectivity index (χ4n) is 4.96. The summed E-state index contributed by atoms with van der Waals surface area (Å²) in [6.07, 6.45) is 33.9. The average Bonchev–Trinajstić information content (AvgIpc) is 2.84. The van der Waals surface area contributed by atoms with Crippen LogP contribution in [0.4, 0.5) is 0 Å². The van der Waals surface area contributed by atoms with Crippen LogP contribution in [-0.2, 0) is 9.53 Å². The van der Waals surface area contributed by atoms with E-state index in [1.165, 1.54) is 148 Å². The summed E-state index contributed by atoms with van der Waals surface area (Å²) in [6, 6.07) is 0. The molecule has 1 atom stereocenters. The molecule has 2 nitrogen and oxygen atoms in total. The standard InChI is InChI=1S/C32H64O2/c1-4-7-10-13-15-17-18-19-20-22-24-26-29-31(32(33)34-30-27-12-9-6-3)28-25-23-21-16-14-11-8-5-2/h31H,4-30H2,1-3H3. The zero-order valence-electron chi connectivity index (χ0n) is 24.0. The van der Waals surface area contributed by atoms with Crippen molar-refractivity contribution in [1.82, 2.24) is 0 Å². The first-order valence-corrected chi connectivity index (χ1v) is 15.9. The Labute approximate surface area is 215 Å². The maximum Gasteiger partial charge on any atom is 0.308 e. The lowest BCUT2D eigenvalue weighted by Gasteiger charge is -2.16. The van der Waals surface area contributed by atoms with Crippen molar-refractivity contribution < 1.29 is 9.53 Å². The molecule has 2 heteroatoms. The first kappa shape index (κ1) is 33.5. The number of rotatable bonds is 28. The van der Waals surface area contributed by atoms with Gasteiger partial charge in [0, 0.05) is 0 Å². The summed E-state index contributed by atoms with van der Waals surface area (Å²) in [5.74, 6) is 0.247. The maximum atomic E-state index is 12.7. The Morgan fingerprint density at radius 2 is 0.735 bits per heavy atom. The van der Waals surface area contributed by atoms with Crippen molar-refractivity contribution in [1.29, 1.82) is 0 Å². The maximum absolute atomic E-state index is 12.7. The lowest BCUT2D eigenvalue weighted by molar-refractivity contribution is -0.149. The molecule has 0 N–H and O–H groups in total. The fraction of sp³-hybridized carbons (Fsp3) is 0.969. The van der Waals surface area contributed by atoms with Crippen LogP contribution in [0.3, 0.4) is 0 Å². The normalized spacial score (nSPS) is 12.2. The van der Waals surface area contributed by atoms with Crippen molar-refractivity contribution in [2.75, 3.05) is 6.61 Å². The highest BCUT2D eigenvalue weighted by atomic mass is 16.5. The van der Waals surface area contributed by atoms with Crippen LogP contribution in [0, 0.1) is 5.92 Å². The second-order valence-corrected chi connectivity index (χ2v) is 10.9. The molecule has 0 fully saturated rings. The van der Waals surface area contributed by atoms with Gasteiger partial charge in [0.2, 0.25) is 0 Å². The summed E-state index contributed by atoms with van der Waals surface area (Å²) in [7, 11) is 0. The summed E-state index contributed by atoms with van der Waals surface area (Å²) in [6.45, 7) is 7.42. The first-order valence-electron chi connectivity index (χ1n) is 15.9. The Morgan fingerprint density at radius 3 is 1.09 bits per heavy atom. The third kappa shape index (κ3) is 24.6. The summed E-state index contributed by atoms with van der Waals surface area (Å²) < 4.78 is 5.69. The highest BCUT2D eigenvalue weighted by Crippen LogP contribution is 2.21. The van der Waals surface area contributed by atoms with Gasteiger partial charge in [-0.15, -0.1) is 0 Å². The summed E-state index contributed by atoms with van der Waals surface area (Å²) >= 11 is 0. The van der Waals surface area contributed by atoms with Crippen molar-refractivity contribution in [2.24, 2.45) is 5.92 Å². The molecular formula is C32H64O2. The van der Waals surface area contributed by atoms with E-state index in [1.54, 1.807) is 0 Å². The fourth-order valence-corrected chi connectivity index (χ4v) is 4.96. The van der Waals surface area contributed by atoms with E-state index < -0.39 is 0 Å². The van der Waals surface area contributed by atoms with Gasteiger partial charge in [-0.3, -0.25) is 4.79 Å². The Kier molecular flexibility index (Phi) is 28.3. The van der Waals surface area contributed by atoms with E-state index in [0.717, 1.165) is 19.3 Å². The Bertz CT molecular complexity index is 392. The predicted molar refractivity (Wildman–Crippen MR) is 152 cm³/mol. The van der Waals surface area contributed by atoms with Crippen LogP contribution in [0.15, 0.2) is 0 Å². The quantitative estimate of drug-likeness (QED) is 0.0821. The van der Waals surface area contributed by atoms with Crippen LogP contribution in [0.1, 0.15) is 188 Å². The summed E-state index contributed by atoms with van der Waals surface area (Å²) in [5.41, 5.74) is 0. The van der Waals surface area contributed by atoms with Crippen LogP contribution < -0.4 is 0 Å². The highest BCUT2D eigenvalue weighted by Gasteiger charge is 2.19. The van der Waals surface area contributed by atoms with Gasteiger partial charge in [0.1, 0.15) is 0 Å². The molecule has 0 aliphatic carbocycles. The van der Waals surface area contributed by atoms with Crippen molar-refractivity contribution in [3.63, 3.8) is 0 Å². The Balaban J connectivity index is 3.94. The molecule has 204 valence electrons. The number of esters is 1. The molecule has 1 unspecified atom stereocenters. The van der Waals surface area contributed by atoms with Gasteiger partial charge in [-0.2, -0.15) is 0 Å². The molecule has 0 saturated heterocycles. The molecule has 0 aliphatic rings. The molecular weight excluding hydrogens is 416 g/mol. The predicted octanol–water partition coefficient (Wildman–Crippen LogP) is 11.3. The SMILES string of the molecule is CCCCCCCCCCCCCCC(CCCCCCCCCC)C(=O)OCCCCCC. The molecule has 0 spiro atoms. The molecule has 0 aliphatic heterocycles. The van der Waals surface area contributed by atoms with E-state index in [4.69, 9.17) is 4.74 Å². The van der Waals surface area contributed by atoms with Gasteiger partial charge in [-0.05, 0) is 19.3 Å². The summed E-state index contributed by atoms with van der Waals surface area (Å²) in [5, 5.41) is 0. The van der Waals surface area contributed by atoms with Crippen LogP contribution in [0.2, 0.25) is 0 Å². The topological polar surface area (TPSA) is 26.3 Å². The number of carbonyl (C=O) groups excluding carboxylic acids is 1. The Morgan fingerprint density at radius 1 is 0.441 bits per heavy atom. The molecule has 0 amide bonds. The minimum Gasteiger partial charge on any atom is -0.465 e. The molecule has 0 aromatic heterocycles. The minimum atomic E-state index is 0.0996. The van der Waals surface area contributed by atoms with Gasteiger partial charge in [-0.1, -0.05) is 168 Å². The van der Waals surface area contributed by atoms with Crippen LogP contribution in [0.5, 0.6) is 0 Å². The van der Waals surface area contributed by atoms with Crippen LogP contribution >= 0.6 is 0 Å². The second kappa shape index (κ2) is 28.7. The number of unbranched alkanes of at least 4 members (excludes halogenated alkanes) is 21. The molecule has 0 aromatic rings. The number of carbonyl (C=O) groups is 1. The molecule has 0 radical (unpaired) electrons. The first-order chi connectivity index (χ1) is 16.8. The molecule has 0 rings (SSSR count). The third-order valence-electron chi connectivity index (χ3n) is 7.39. The van der Waals surface area contributed by atoms with Gasteiger partial charge in [0.25, 0.3) is 0 Å². The molecule has 0 saturated carbocycles. The van der Waals surface area contributed by atoms with E-state index in [0.29, 0.717) is 6.61 Å². The monoisotopic (exact) mass is 480 g/mol. The average molecular weight is 481 g/mol. The highest BCUT2D eigenvalue weighted by molar-refractivity contribution is 5.72. The van der Waals surface area contributed by atoms with Gasteiger partial charge in [-0.25, -0.2) is 0 Å². The van der Waals surface area contributed by atoms with E-state index in [2.05, 4.69) is 20.8 Å². The van der Waals surface area contributed by atoms with Crippen LogP contribution in [-0.4, -0.2) is 12.6 Å². The van der Waals surface area contributed by atoms with Crippen molar-refractivity contribution >= 4 is 5.97 Å². The smallest absolute Gasteiger partial charge is 0.308 e. The number of hydrogen-bond acceptors (Lipinski definition) is 2. The molecule has 0 heterocycles. The Hall–Kier alpha value is -0.530. The largest absolute Gasteiger partial charge is 0.465 e. The summed E-state index contributed by atoms with van der Waals surface area (Å²) in [4.78, 5) is 12.7. The van der Waals surface area contributed by atoms with Crippen molar-refractivity contribution in [2.45, 2.75) is 188 Å². The van der Waals surface area contributed by atoms with Gasteiger partial charge >= 0.3 is 5.97 Å². The van der Waals surface area contributed by atoms with E-state index in [9.17, 15) is 4.79 Å². The number of hydrogen-bond donors (Lipinski definition) is 0. The third-order valence-corrected chi connectivity index (χ3v) is 7.39. The second-order valence-electron chi connectivity index (χ2n) is 10.9. The van der Waals surface area contributed by atoms with Crippen molar-refractivity contribution in [3.05, 3.63) is 0 Å². The molecule has 34 heavy (non-hydrogen) atoms. The van der Waals surface area contributed by atoms with Crippen LogP contribution in [0.25, 0.3) is 0 Å². The number of ether oxygens (including phenoxy) is 1.